The zero-order valence-electron chi connectivity index (χ0n) is 8.92. The highest BCUT2D eigenvalue weighted by Gasteiger charge is 2.07. The van der Waals surface area contributed by atoms with Gasteiger partial charge in [-0.15, -0.1) is 0 Å². The van der Waals surface area contributed by atoms with Crippen molar-refractivity contribution in [3.63, 3.8) is 0 Å². The molecule has 0 aromatic rings. The van der Waals surface area contributed by atoms with Gasteiger partial charge in [-0.1, -0.05) is 38.2 Å². The molecule has 2 atom stereocenters. The molecule has 0 radical (unpaired) electrons. The number of hydrogen-bond donors (Lipinski definition) is 0. The van der Waals surface area contributed by atoms with Gasteiger partial charge in [0.2, 0.25) is 0 Å². The maximum atomic E-state index is 10.4. The Labute approximate surface area is 81.5 Å². The Morgan fingerprint density at radius 2 is 2.08 bits per heavy atom. The Kier molecular flexibility index (Phi) is 6.21. The van der Waals surface area contributed by atoms with E-state index < -0.39 is 0 Å². The Balaban J connectivity index is 3.86. The first kappa shape index (κ1) is 12.2. The van der Waals surface area contributed by atoms with Crippen molar-refractivity contribution in [2.24, 2.45) is 11.8 Å². The Hall–Kier alpha value is -0.850. The Morgan fingerprint density at radius 1 is 1.46 bits per heavy atom. The molecule has 0 spiro atoms. The third-order valence-electron chi connectivity index (χ3n) is 2.08. The summed E-state index contributed by atoms with van der Waals surface area (Å²) in [7, 11) is 0. The Morgan fingerprint density at radius 3 is 2.54 bits per heavy atom. The number of carbonyl (C=O) groups excluding carboxylic acids is 1. The molecule has 0 aliphatic carbocycles. The average Bonchev–Trinajstić information content (AvgIpc) is 2.04. The second-order valence-corrected chi connectivity index (χ2v) is 3.91. The molecule has 0 N–H and O–H groups in total. The monoisotopic (exact) mass is 180 g/mol. The van der Waals surface area contributed by atoms with E-state index in [1.807, 2.05) is 19.1 Å². The topological polar surface area (TPSA) is 17.1 Å². The molecule has 1 heteroatoms. The molecule has 0 rings (SSSR count). The lowest BCUT2D eigenvalue weighted by Crippen LogP contribution is -2.04. The summed E-state index contributed by atoms with van der Waals surface area (Å²) in [5.41, 5.74) is 1.33. The van der Waals surface area contributed by atoms with Gasteiger partial charge >= 0.3 is 0 Å². The summed E-state index contributed by atoms with van der Waals surface area (Å²) >= 11 is 0. The zero-order chi connectivity index (χ0) is 10.3. The predicted octanol–water partition coefficient (Wildman–Crippen LogP) is 3.37. The standard InChI is InChI=1S/C12H20O/c1-5-6-10(2)7-11(3)8-12(4)9-13/h5-6,9,11-12H,1,7-8H2,2-4H3/b10-6-. The van der Waals surface area contributed by atoms with E-state index in [4.69, 9.17) is 0 Å². The van der Waals surface area contributed by atoms with Crippen LogP contribution in [-0.2, 0) is 4.79 Å². The normalized spacial score (nSPS) is 16.4. The summed E-state index contributed by atoms with van der Waals surface area (Å²) in [6.07, 6.45) is 6.91. The molecule has 0 aliphatic rings. The van der Waals surface area contributed by atoms with E-state index >= 15 is 0 Å². The van der Waals surface area contributed by atoms with E-state index in [0.29, 0.717) is 5.92 Å². The highest BCUT2D eigenvalue weighted by molar-refractivity contribution is 5.52. The van der Waals surface area contributed by atoms with E-state index in [2.05, 4.69) is 20.4 Å². The smallest absolute Gasteiger partial charge is 0.122 e. The van der Waals surface area contributed by atoms with Gasteiger partial charge in [0, 0.05) is 5.92 Å². The molecule has 0 fully saturated rings. The van der Waals surface area contributed by atoms with Crippen molar-refractivity contribution < 1.29 is 4.79 Å². The minimum atomic E-state index is 0.187. The molecule has 0 aromatic carbocycles. The van der Waals surface area contributed by atoms with Gasteiger partial charge in [-0.3, -0.25) is 0 Å². The molecule has 0 saturated carbocycles. The van der Waals surface area contributed by atoms with E-state index in [1.54, 1.807) is 0 Å². The van der Waals surface area contributed by atoms with Crippen LogP contribution in [0.2, 0.25) is 0 Å². The van der Waals surface area contributed by atoms with Crippen LogP contribution < -0.4 is 0 Å². The number of hydrogen-bond acceptors (Lipinski definition) is 1. The SMILES string of the molecule is C=C/C=C(/C)CC(C)CC(C)C=O. The van der Waals surface area contributed by atoms with Gasteiger partial charge in [0.15, 0.2) is 0 Å². The van der Waals surface area contributed by atoms with Crippen molar-refractivity contribution in [3.8, 4) is 0 Å². The minimum absolute atomic E-state index is 0.187. The fourth-order valence-corrected chi connectivity index (χ4v) is 1.59. The summed E-state index contributed by atoms with van der Waals surface area (Å²) in [6.45, 7) is 9.90. The molecule has 0 aliphatic heterocycles. The Bertz CT molecular complexity index is 191. The van der Waals surface area contributed by atoms with Gasteiger partial charge in [0.25, 0.3) is 0 Å². The quantitative estimate of drug-likeness (QED) is 0.452. The maximum absolute atomic E-state index is 10.4. The van der Waals surface area contributed by atoms with Crippen LogP contribution in [0.25, 0.3) is 0 Å². The third-order valence-corrected chi connectivity index (χ3v) is 2.08. The van der Waals surface area contributed by atoms with Crippen molar-refractivity contribution in [3.05, 3.63) is 24.3 Å². The molecule has 74 valence electrons. The second kappa shape index (κ2) is 6.64. The highest BCUT2D eigenvalue weighted by Crippen LogP contribution is 2.18. The fourth-order valence-electron chi connectivity index (χ4n) is 1.59. The van der Waals surface area contributed by atoms with Gasteiger partial charge in [-0.2, -0.15) is 0 Å². The van der Waals surface area contributed by atoms with Crippen molar-refractivity contribution in [2.45, 2.75) is 33.6 Å². The van der Waals surface area contributed by atoms with Gasteiger partial charge in [0.1, 0.15) is 6.29 Å². The number of rotatable bonds is 6. The van der Waals surface area contributed by atoms with Crippen LogP contribution in [-0.4, -0.2) is 6.29 Å². The molecule has 0 amide bonds. The average molecular weight is 180 g/mol. The van der Waals surface area contributed by atoms with E-state index in [1.165, 1.54) is 5.57 Å². The summed E-state index contributed by atoms with van der Waals surface area (Å²) in [6, 6.07) is 0. The van der Waals surface area contributed by atoms with E-state index in [0.717, 1.165) is 19.1 Å². The van der Waals surface area contributed by atoms with Crippen LogP contribution in [0.5, 0.6) is 0 Å². The zero-order valence-corrected chi connectivity index (χ0v) is 8.92. The molecule has 0 aromatic heterocycles. The van der Waals surface area contributed by atoms with Crippen molar-refractivity contribution in [2.75, 3.05) is 0 Å². The molecular weight excluding hydrogens is 160 g/mol. The highest BCUT2D eigenvalue weighted by atomic mass is 16.1. The molecule has 0 bridgehead atoms. The minimum Gasteiger partial charge on any atom is -0.303 e. The first-order chi connectivity index (χ1) is 6.10. The second-order valence-electron chi connectivity index (χ2n) is 3.91. The molecular formula is C12H20O. The van der Waals surface area contributed by atoms with Crippen LogP contribution in [0.1, 0.15) is 33.6 Å². The first-order valence-electron chi connectivity index (χ1n) is 4.83. The van der Waals surface area contributed by atoms with E-state index in [-0.39, 0.29) is 5.92 Å². The van der Waals surface area contributed by atoms with Crippen molar-refractivity contribution >= 4 is 6.29 Å². The lowest BCUT2D eigenvalue weighted by molar-refractivity contribution is -0.111. The lowest BCUT2D eigenvalue weighted by atomic mass is 9.93. The molecule has 0 saturated heterocycles. The summed E-state index contributed by atoms with van der Waals surface area (Å²) in [5, 5.41) is 0. The number of allylic oxidation sites excluding steroid dienone is 3. The summed E-state index contributed by atoms with van der Waals surface area (Å²) in [4.78, 5) is 10.4. The molecule has 2 unspecified atom stereocenters. The third kappa shape index (κ3) is 6.32. The molecule has 13 heavy (non-hydrogen) atoms. The van der Waals surface area contributed by atoms with Crippen LogP contribution in [0, 0.1) is 11.8 Å². The van der Waals surface area contributed by atoms with E-state index in [9.17, 15) is 4.79 Å². The van der Waals surface area contributed by atoms with Crippen LogP contribution in [0.15, 0.2) is 24.3 Å². The van der Waals surface area contributed by atoms with Crippen molar-refractivity contribution in [1.82, 2.24) is 0 Å². The molecule has 1 nitrogen and oxygen atoms in total. The summed E-state index contributed by atoms with van der Waals surface area (Å²) < 4.78 is 0. The van der Waals surface area contributed by atoms with Crippen LogP contribution in [0.4, 0.5) is 0 Å². The van der Waals surface area contributed by atoms with Gasteiger partial charge < -0.3 is 4.79 Å². The van der Waals surface area contributed by atoms with Gasteiger partial charge in [0.05, 0.1) is 0 Å². The van der Waals surface area contributed by atoms with Gasteiger partial charge in [-0.25, -0.2) is 0 Å². The predicted molar refractivity (Wildman–Crippen MR) is 57.6 cm³/mol. The fraction of sp³-hybridized carbons (Fsp3) is 0.583. The first-order valence-corrected chi connectivity index (χ1v) is 4.83. The molecule has 0 heterocycles. The van der Waals surface area contributed by atoms with Crippen LogP contribution in [0.3, 0.4) is 0 Å². The number of aldehydes is 1. The lowest BCUT2D eigenvalue weighted by Gasteiger charge is -2.12. The van der Waals surface area contributed by atoms with Gasteiger partial charge in [-0.05, 0) is 25.7 Å². The summed E-state index contributed by atoms with van der Waals surface area (Å²) in [5.74, 6) is 0.767. The van der Waals surface area contributed by atoms with Crippen molar-refractivity contribution in [1.29, 1.82) is 0 Å². The number of carbonyl (C=O) groups is 1. The largest absolute Gasteiger partial charge is 0.303 e. The maximum Gasteiger partial charge on any atom is 0.122 e. The van der Waals surface area contributed by atoms with Crippen LogP contribution >= 0.6 is 0 Å².